The third-order valence-electron chi connectivity index (χ3n) is 2.79. The Morgan fingerprint density at radius 2 is 1.53 bits per heavy atom. The van der Waals surface area contributed by atoms with E-state index in [0.29, 0.717) is 0 Å². The molecule has 0 bridgehead atoms. The molecule has 0 heterocycles. The van der Waals surface area contributed by atoms with Gasteiger partial charge in [0.1, 0.15) is 0 Å². The summed E-state index contributed by atoms with van der Waals surface area (Å²) in [5.74, 6) is 7.53. The molecular formula is C13H24GeSn. The fourth-order valence-electron chi connectivity index (χ4n) is 1.93. The second-order valence-electron chi connectivity index (χ2n) is 6.55. The number of benzene rings is 1. The topological polar surface area (TPSA) is 0 Å². The first kappa shape index (κ1) is 13.6. The van der Waals surface area contributed by atoms with E-state index in [9.17, 15) is 0 Å². The maximum absolute atomic E-state index is 2.52. The van der Waals surface area contributed by atoms with Crippen LogP contribution in [0.2, 0.25) is 32.1 Å². The van der Waals surface area contributed by atoms with E-state index < -0.39 is 31.6 Å². The van der Waals surface area contributed by atoms with Gasteiger partial charge in [0, 0.05) is 0 Å². The van der Waals surface area contributed by atoms with Crippen LogP contribution in [-0.4, -0.2) is 31.6 Å². The Kier molecular flexibility index (Phi) is 4.03. The molecule has 0 saturated carbocycles. The van der Waals surface area contributed by atoms with E-state index in [0.717, 1.165) is 0 Å². The molecule has 84 valence electrons. The maximum atomic E-state index is 2.52. The van der Waals surface area contributed by atoms with Crippen molar-refractivity contribution in [2.75, 3.05) is 0 Å². The van der Waals surface area contributed by atoms with Gasteiger partial charge in [0.15, 0.2) is 0 Å². The van der Waals surface area contributed by atoms with Crippen LogP contribution in [0.1, 0.15) is 5.56 Å². The van der Waals surface area contributed by atoms with Crippen LogP contribution in [0.25, 0.3) is 0 Å². The van der Waals surface area contributed by atoms with Crippen molar-refractivity contribution in [2.24, 2.45) is 0 Å². The van der Waals surface area contributed by atoms with Gasteiger partial charge < -0.3 is 0 Å². The Morgan fingerprint density at radius 3 is 1.93 bits per heavy atom. The Bertz CT molecular complexity index is 356. The molecule has 0 aliphatic carbocycles. The van der Waals surface area contributed by atoms with Crippen molar-refractivity contribution in [3.63, 3.8) is 0 Å². The molecule has 1 aromatic carbocycles. The van der Waals surface area contributed by atoms with E-state index in [4.69, 9.17) is 0 Å². The van der Waals surface area contributed by atoms with Gasteiger partial charge in [-0.2, -0.15) is 0 Å². The molecule has 0 aliphatic rings. The molecule has 0 atom stereocenters. The van der Waals surface area contributed by atoms with Crippen molar-refractivity contribution in [1.82, 2.24) is 0 Å². The summed E-state index contributed by atoms with van der Waals surface area (Å²) >= 11 is -3.58. The average Bonchev–Trinajstić information content (AvgIpc) is 2.00. The van der Waals surface area contributed by atoms with Crippen LogP contribution >= 0.6 is 0 Å². The van der Waals surface area contributed by atoms with Gasteiger partial charge in [0.05, 0.1) is 0 Å². The van der Waals surface area contributed by atoms with E-state index in [1.807, 2.05) is 0 Å². The Balaban J connectivity index is 3.41. The van der Waals surface area contributed by atoms with Crippen LogP contribution < -0.4 is 7.98 Å². The molecule has 0 fully saturated rings. The van der Waals surface area contributed by atoms with Crippen LogP contribution in [0.3, 0.4) is 0 Å². The fourth-order valence-corrected chi connectivity index (χ4v) is 20.2. The predicted molar refractivity (Wildman–Crippen MR) is 77.1 cm³/mol. The minimum absolute atomic E-state index is 1.44. The molecule has 0 aliphatic heterocycles. The summed E-state index contributed by atoms with van der Waals surface area (Å²) in [6.45, 7) is 2.22. The molecule has 2 heteroatoms. The van der Waals surface area contributed by atoms with Crippen molar-refractivity contribution in [3.8, 4) is 0 Å². The Hall–Kier alpha value is 0.562. The molecule has 1 aromatic rings. The standard InChI is InChI=1S/C10H15Ge.3CH3.Sn/c1-9-6-5-7-10(8-9)11(2,3)4;;;;/h5-6,8H,1-4H3;3*1H3;. The number of hydrogen-bond donors (Lipinski definition) is 0. The van der Waals surface area contributed by atoms with Gasteiger partial charge in [-0.05, 0) is 0 Å². The van der Waals surface area contributed by atoms with Gasteiger partial charge in [-0.1, -0.05) is 0 Å². The fraction of sp³-hybridized carbons (Fsp3) is 0.538. The van der Waals surface area contributed by atoms with Gasteiger partial charge in [0.25, 0.3) is 0 Å². The van der Waals surface area contributed by atoms with Gasteiger partial charge in [-0.3, -0.25) is 0 Å². The zero-order valence-corrected chi connectivity index (χ0v) is 16.2. The summed E-state index contributed by atoms with van der Waals surface area (Å²) in [6, 6.07) is 7.20. The monoisotopic (exact) mass is 374 g/mol. The molecular weight excluding hydrogens is 347 g/mol. The number of aryl methyl sites for hydroxylation is 1. The summed E-state index contributed by atoms with van der Waals surface area (Å²) in [4.78, 5) is 7.57. The van der Waals surface area contributed by atoms with E-state index in [-0.39, 0.29) is 0 Å². The van der Waals surface area contributed by atoms with E-state index in [1.165, 1.54) is 5.56 Å². The van der Waals surface area contributed by atoms with Crippen LogP contribution in [0.15, 0.2) is 18.2 Å². The Labute approximate surface area is 102 Å². The SMILES string of the molecule is Cc1cc[c]([Sn]([CH3])([CH3])[CH3])[c]([Ge]([CH3])([CH3])[CH3])c1. The molecule has 0 unspecified atom stereocenters. The molecule has 15 heavy (non-hydrogen) atoms. The summed E-state index contributed by atoms with van der Waals surface area (Å²) in [5, 5.41) is 0. The molecule has 0 radical (unpaired) electrons. The molecule has 1 rings (SSSR count). The average molecular weight is 372 g/mol. The quantitative estimate of drug-likeness (QED) is 0.701. The molecule has 0 nitrogen and oxygen atoms in total. The second-order valence-corrected chi connectivity index (χ2v) is 31.5. The van der Waals surface area contributed by atoms with Gasteiger partial charge in [-0.15, -0.1) is 0 Å². The summed E-state index contributed by atoms with van der Waals surface area (Å²) in [5.41, 5.74) is 1.44. The van der Waals surface area contributed by atoms with E-state index >= 15 is 0 Å². The zero-order valence-electron chi connectivity index (χ0n) is 11.2. The van der Waals surface area contributed by atoms with Gasteiger partial charge in [0.2, 0.25) is 0 Å². The van der Waals surface area contributed by atoms with Crippen molar-refractivity contribution in [2.45, 2.75) is 39.0 Å². The van der Waals surface area contributed by atoms with Crippen LogP contribution in [0.4, 0.5) is 0 Å². The van der Waals surface area contributed by atoms with Crippen molar-refractivity contribution in [1.29, 1.82) is 0 Å². The number of hydrogen-bond acceptors (Lipinski definition) is 0. The van der Waals surface area contributed by atoms with Crippen LogP contribution in [-0.2, 0) is 0 Å². The van der Waals surface area contributed by atoms with Gasteiger partial charge in [-0.25, -0.2) is 0 Å². The summed E-state index contributed by atoms with van der Waals surface area (Å²) in [6.07, 6.45) is 0. The zero-order chi connectivity index (χ0) is 11.9. The third-order valence-corrected chi connectivity index (χ3v) is 14.4. The van der Waals surface area contributed by atoms with E-state index in [2.05, 4.69) is 57.2 Å². The van der Waals surface area contributed by atoms with Crippen LogP contribution in [0, 0.1) is 6.92 Å². The van der Waals surface area contributed by atoms with Crippen molar-refractivity contribution < 1.29 is 0 Å². The van der Waals surface area contributed by atoms with Crippen molar-refractivity contribution in [3.05, 3.63) is 23.8 Å². The predicted octanol–water partition coefficient (Wildman–Crippen LogP) is 3.09. The molecule has 0 spiro atoms. The summed E-state index contributed by atoms with van der Waals surface area (Å²) in [7, 11) is 0. The molecule has 0 amide bonds. The molecule has 0 N–H and O–H groups in total. The first-order valence-corrected chi connectivity index (χ1v) is 23.1. The van der Waals surface area contributed by atoms with Crippen LogP contribution in [0.5, 0.6) is 0 Å². The first-order valence-electron chi connectivity index (χ1n) is 5.74. The Morgan fingerprint density at radius 1 is 1.00 bits per heavy atom. The second kappa shape index (κ2) is 4.44. The number of rotatable bonds is 2. The third kappa shape index (κ3) is 3.52. The summed E-state index contributed by atoms with van der Waals surface area (Å²) < 4.78 is 3.53. The van der Waals surface area contributed by atoms with Crippen molar-refractivity contribution >= 4 is 39.6 Å². The minimum atomic E-state index is -1.90. The normalized spacial score (nSPS) is 13.0. The molecule has 0 saturated heterocycles. The first-order chi connectivity index (χ1) is 6.62. The molecule has 0 aromatic heterocycles. The van der Waals surface area contributed by atoms with E-state index in [1.54, 1.807) is 7.98 Å². The van der Waals surface area contributed by atoms with Gasteiger partial charge >= 0.3 is 102 Å².